The molecule has 1 N–H and O–H groups in total. The first kappa shape index (κ1) is 21.2. The van der Waals surface area contributed by atoms with Crippen molar-refractivity contribution in [3.8, 4) is 11.5 Å². The van der Waals surface area contributed by atoms with Gasteiger partial charge in [0.25, 0.3) is 11.8 Å². The third-order valence-corrected chi connectivity index (χ3v) is 5.37. The molecular weight excluding hydrogens is 404 g/mol. The predicted molar refractivity (Wildman–Crippen MR) is 125 cm³/mol. The van der Waals surface area contributed by atoms with Gasteiger partial charge in [0.1, 0.15) is 17.2 Å². The maximum atomic E-state index is 13.5. The standard InChI is InChI=1S/C26H24N2O4/c1-4-17-10-12-20(13-11-17)28-25(29)23(18-8-6-5-7-9-18)24(26(28)30)27-19-14-21(31-2)16-22(15-19)32-3/h5-16,27H,4H2,1-3H3. The molecule has 2 amide bonds. The van der Waals surface area contributed by atoms with E-state index in [0.29, 0.717) is 34.0 Å². The zero-order chi connectivity index (χ0) is 22.7. The Hall–Kier alpha value is -4.06. The lowest BCUT2D eigenvalue weighted by Crippen LogP contribution is -2.32. The van der Waals surface area contributed by atoms with E-state index in [9.17, 15) is 9.59 Å². The van der Waals surface area contributed by atoms with E-state index < -0.39 is 5.91 Å². The summed E-state index contributed by atoms with van der Waals surface area (Å²) in [6.07, 6.45) is 0.875. The summed E-state index contributed by atoms with van der Waals surface area (Å²) in [4.78, 5) is 28.2. The normalized spacial score (nSPS) is 13.5. The van der Waals surface area contributed by atoms with Gasteiger partial charge in [-0.3, -0.25) is 9.59 Å². The fraction of sp³-hybridized carbons (Fsp3) is 0.154. The number of methoxy groups -OCH3 is 2. The molecule has 0 saturated carbocycles. The second kappa shape index (κ2) is 8.98. The molecule has 1 aliphatic rings. The van der Waals surface area contributed by atoms with Crippen molar-refractivity contribution >= 4 is 28.8 Å². The summed E-state index contributed by atoms with van der Waals surface area (Å²) in [6.45, 7) is 2.06. The topological polar surface area (TPSA) is 67.9 Å². The van der Waals surface area contributed by atoms with Crippen molar-refractivity contribution in [2.75, 3.05) is 24.4 Å². The molecular formula is C26H24N2O4. The van der Waals surface area contributed by atoms with Gasteiger partial charge in [-0.25, -0.2) is 4.90 Å². The Kier molecular flexibility index (Phi) is 5.94. The van der Waals surface area contributed by atoms with Crippen molar-refractivity contribution in [3.05, 3.63) is 89.6 Å². The number of ether oxygens (including phenoxy) is 2. The summed E-state index contributed by atoms with van der Waals surface area (Å²) in [5.41, 5.74) is 3.43. The third kappa shape index (κ3) is 3.95. The van der Waals surface area contributed by atoms with Crippen LogP contribution in [0.3, 0.4) is 0 Å². The van der Waals surface area contributed by atoms with Gasteiger partial charge in [0.15, 0.2) is 0 Å². The van der Waals surface area contributed by atoms with Crippen molar-refractivity contribution in [1.29, 1.82) is 0 Å². The van der Waals surface area contributed by atoms with Gasteiger partial charge in [-0.05, 0) is 29.7 Å². The minimum Gasteiger partial charge on any atom is -0.497 e. The number of amides is 2. The van der Waals surface area contributed by atoms with Crippen molar-refractivity contribution in [3.63, 3.8) is 0 Å². The molecule has 32 heavy (non-hydrogen) atoms. The average Bonchev–Trinajstić information content (AvgIpc) is 3.08. The number of carbonyl (C=O) groups excluding carboxylic acids is 2. The van der Waals surface area contributed by atoms with Crippen molar-refractivity contribution < 1.29 is 19.1 Å². The number of nitrogens with one attached hydrogen (secondary N) is 1. The highest BCUT2D eigenvalue weighted by molar-refractivity contribution is 6.46. The Balaban J connectivity index is 1.79. The number of rotatable bonds is 7. The molecule has 6 heteroatoms. The lowest BCUT2D eigenvalue weighted by molar-refractivity contribution is -0.120. The summed E-state index contributed by atoms with van der Waals surface area (Å²) in [5, 5.41) is 3.15. The van der Waals surface area contributed by atoms with E-state index in [4.69, 9.17) is 9.47 Å². The van der Waals surface area contributed by atoms with Crippen molar-refractivity contribution in [2.45, 2.75) is 13.3 Å². The van der Waals surface area contributed by atoms with Crippen LogP contribution in [0.25, 0.3) is 5.57 Å². The molecule has 0 spiro atoms. The number of hydrogen-bond donors (Lipinski definition) is 1. The molecule has 4 rings (SSSR count). The van der Waals surface area contributed by atoms with Crippen LogP contribution in [0.1, 0.15) is 18.1 Å². The Labute approximate surface area is 187 Å². The number of anilines is 2. The van der Waals surface area contributed by atoms with Gasteiger partial charge in [0.2, 0.25) is 0 Å². The number of aryl methyl sites for hydroxylation is 1. The monoisotopic (exact) mass is 428 g/mol. The van der Waals surface area contributed by atoms with E-state index in [1.165, 1.54) is 4.90 Å². The van der Waals surface area contributed by atoms with E-state index in [1.807, 2.05) is 42.5 Å². The summed E-state index contributed by atoms with van der Waals surface area (Å²) in [6, 6.07) is 21.9. The molecule has 0 saturated heterocycles. The van der Waals surface area contributed by atoms with Gasteiger partial charge in [-0.2, -0.15) is 0 Å². The Morgan fingerprint density at radius 2 is 1.44 bits per heavy atom. The summed E-state index contributed by atoms with van der Waals surface area (Å²) in [5.74, 6) is 0.345. The second-order valence-electron chi connectivity index (χ2n) is 7.31. The predicted octanol–water partition coefficient (Wildman–Crippen LogP) is 4.66. The van der Waals surface area contributed by atoms with Crippen LogP contribution in [0.2, 0.25) is 0 Å². The zero-order valence-electron chi connectivity index (χ0n) is 18.2. The maximum Gasteiger partial charge on any atom is 0.282 e. The van der Waals surface area contributed by atoms with Gasteiger partial charge < -0.3 is 14.8 Å². The molecule has 162 valence electrons. The number of nitrogens with zero attached hydrogens (tertiary/aromatic N) is 1. The molecule has 1 aliphatic heterocycles. The molecule has 0 radical (unpaired) electrons. The Morgan fingerprint density at radius 3 is 2.00 bits per heavy atom. The molecule has 0 aromatic heterocycles. The van der Waals surface area contributed by atoms with Gasteiger partial charge in [-0.1, -0.05) is 49.4 Å². The van der Waals surface area contributed by atoms with Crippen molar-refractivity contribution in [1.82, 2.24) is 0 Å². The van der Waals surface area contributed by atoms with E-state index in [-0.39, 0.29) is 11.6 Å². The first-order valence-corrected chi connectivity index (χ1v) is 10.3. The molecule has 0 unspecified atom stereocenters. The van der Waals surface area contributed by atoms with Crippen LogP contribution < -0.4 is 19.7 Å². The molecule has 0 bridgehead atoms. The molecule has 6 nitrogen and oxygen atoms in total. The van der Waals surface area contributed by atoms with E-state index >= 15 is 0 Å². The molecule has 0 atom stereocenters. The summed E-state index contributed by atoms with van der Waals surface area (Å²) >= 11 is 0. The van der Waals surface area contributed by atoms with Gasteiger partial charge in [-0.15, -0.1) is 0 Å². The second-order valence-corrected chi connectivity index (χ2v) is 7.31. The molecule has 1 heterocycles. The third-order valence-electron chi connectivity index (χ3n) is 5.37. The molecule has 0 aliphatic carbocycles. The van der Waals surface area contributed by atoms with Crippen LogP contribution in [0.5, 0.6) is 11.5 Å². The maximum absolute atomic E-state index is 13.5. The summed E-state index contributed by atoms with van der Waals surface area (Å²) in [7, 11) is 3.11. The molecule has 3 aromatic carbocycles. The molecule has 3 aromatic rings. The number of imide groups is 1. The first-order chi connectivity index (χ1) is 15.5. The Morgan fingerprint density at radius 1 is 0.812 bits per heavy atom. The largest absolute Gasteiger partial charge is 0.497 e. The number of hydrogen-bond acceptors (Lipinski definition) is 5. The van der Waals surface area contributed by atoms with Crippen LogP contribution in [-0.4, -0.2) is 26.0 Å². The average molecular weight is 428 g/mol. The lowest BCUT2D eigenvalue weighted by Gasteiger charge is -2.16. The van der Waals surface area contributed by atoms with Crippen LogP contribution in [-0.2, 0) is 16.0 Å². The lowest BCUT2D eigenvalue weighted by atomic mass is 10.0. The quantitative estimate of drug-likeness (QED) is 0.554. The van der Waals surface area contributed by atoms with Crippen LogP contribution in [0.4, 0.5) is 11.4 Å². The summed E-state index contributed by atoms with van der Waals surface area (Å²) < 4.78 is 10.7. The van der Waals surface area contributed by atoms with Gasteiger partial charge in [0.05, 0.1) is 25.5 Å². The first-order valence-electron chi connectivity index (χ1n) is 10.3. The van der Waals surface area contributed by atoms with Crippen molar-refractivity contribution in [2.24, 2.45) is 0 Å². The van der Waals surface area contributed by atoms with Gasteiger partial charge in [0, 0.05) is 23.9 Å². The highest BCUT2D eigenvalue weighted by Gasteiger charge is 2.40. The van der Waals surface area contributed by atoms with E-state index in [1.54, 1.807) is 44.6 Å². The van der Waals surface area contributed by atoms with Crippen LogP contribution in [0, 0.1) is 0 Å². The highest BCUT2D eigenvalue weighted by Crippen LogP contribution is 2.35. The van der Waals surface area contributed by atoms with Gasteiger partial charge >= 0.3 is 0 Å². The number of carbonyl (C=O) groups is 2. The highest BCUT2D eigenvalue weighted by atomic mass is 16.5. The minimum atomic E-state index is -0.417. The Bertz CT molecular complexity index is 1160. The fourth-order valence-corrected chi connectivity index (χ4v) is 3.66. The van der Waals surface area contributed by atoms with E-state index in [0.717, 1.165) is 12.0 Å². The van der Waals surface area contributed by atoms with E-state index in [2.05, 4.69) is 12.2 Å². The molecule has 0 fully saturated rings. The van der Waals surface area contributed by atoms with Crippen LogP contribution in [0.15, 0.2) is 78.5 Å². The minimum absolute atomic E-state index is 0.205. The van der Waals surface area contributed by atoms with Crippen LogP contribution >= 0.6 is 0 Å². The number of benzene rings is 3. The zero-order valence-corrected chi connectivity index (χ0v) is 18.2. The fourth-order valence-electron chi connectivity index (χ4n) is 3.66. The smallest absolute Gasteiger partial charge is 0.282 e. The SMILES string of the molecule is CCc1ccc(N2C(=O)C(Nc3cc(OC)cc(OC)c3)=C(c3ccccc3)C2=O)cc1.